The Kier molecular flexibility index (Phi) is 5.55. The Morgan fingerprint density at radius 3 is 2.22 bits per heavy atom. The van der Waals surface area contributed by atoms with E-state index in [9.17, 15) is 9.59 Å². The molecule has 4 heteroatoms. The monoisotopic (exact) mass is 361 g/mol. The average Bonchev–Trinajstić information content (AvgIpc) is 2.71. The largest absolute Gasteiger partial charge is 0.497 e. The van der Waals surface area contributed by atoms with Crippen molar-refractivity contribution in [1.82, 2.24) is 4.90 Å². The number of fused-ring (bicyclic) bond motifs is 1. The molecule has 0 fully saturated rings. The zero-order valence-corrected chi connectivity index (χ0v) is 15.8. The molecule has 0 saturated carbocycles. The third-order valence-corrected chi connectivity index (χ3v) is 4.74. The molecule has 27 heavy (non-hydrogen) atoms. The molecule has 3 aromatic rings. The van der Waals surface area contributed by atoms with Gasteiger partial charge in [-0.3, -0.25) is 9.59 Å². The molecule has 3 rings (SSSR count). The van der Waals surface area contributed by atoms with Crippen molar-refractivity contribution >= 4 is 22.5 Å². The highest BCUT2D eigenvalue weighted by Crippen LogP contribution is 2.29. The minimum Gasteiger partial charge on any atom is -0.497 e. The number of ketones is 1. The number of ether oxygens (including phenoxy) is 1. The van der Waals surface area contributed by atoms with E-state index in [1.165, 1.54) is 4.90 Å². The molecular weight excluding hydrogens is 338 g/mol. The quantitative estimate of drug-likeness (QED) is 0.615. The van der Waals surface area contributed by atoms with Crippen LogP contribution in [0.25, 0.3) is 10.8 Å². The van der Waals surface area contributed by atoms with Gasteiger partial charge in [0.15, 0.2) is 5.78 Å². The number of rotatable bonds is 6. The molecule has 1 atom stereocenters. The average molecular weight is 361 g/mol. The lowest BCUT2D eigenvalue weighted by Crippen LogP contribution is -2.26. The topological polar surface area (TPSA) is 46.6 Å². The highest BCUT2D eigenvalue weighted by Gasteiger charge is 2.26. The van der Waals surface area contributed by atoms with Gasteiger partial charge < -0.3 is 9.64 Å². The zero-order valence-electron chi connectivity index (χ0n) is 15.8. The van der Waals surface area contributed by atoms with Crippen molar-refractivity contribution in [1.29, 1.82) is 0 Å². The second-order valence-electron chi connectivity index (χ2n) is 6.74. The van der Waals surface area contributed by atoms with Crippen LogP contribution in [-0.2, 0) is 4.79 Å². The van der Waals surface area contributed by atoms with E-state index < -0.39 is 5.92 Å². The maximum atomic E-state index is 13.2. The summed E-state index contributed by atoms with van der Waals surface area (Å²) in [6, 6.07) is 21.0. The van der Waals surface area contributed by atoms with E-state index in [0.29, 0.717) is 11.3 Å². The van der Waals surface area contributed by atoms with Crippen LogP contribution in [0.3, 0.4) is 0 Å². The Morgan fingerprint density at radius 1 is 0.926 bits per heavy atom. The molecule has 3 aromatic carbocycles. The molecular formula is C23H23NO3. The second kappa shape index (κ2) is 8.04. The number of nitrogens with zero attached hydrogens (tertiary/aromatic N) is 1. The Balaban J connectivity index is 2.00. The lowest BCUT2D eigenvalue weighted by molar-refractivity contribution is -0.128. The Hall–Kier alpha value is -3.14. The molecule has 138 valence electrons. The first-order chi connectivity index (χ1) is 13.0. The fourth-order valence-corrected chi connectivity index (χ4v) is 3.10. The molecule has 0 bridgehead atoms. The van der Waals surface area contributed by atoms with Gasteiger partial charge in [-0.15, -0.1) is 0 Å². The van der Waals surface area contributed by atoms with Gasteiger partial charge in [0.05, 0.1) is 13.0 Å². The van der Waals surface area contributed by atoms with Crippen LogP contribution in [0.4, 0.5) is 0 Å². The Bertz CT molecular complexity index is 961. The van der Waals surface area contributed by atoms with Crippen LogP contribution >= 0.6 is 0 Å². The standard InChI is InChI=1S/C23H23NO3/c1-24(2)22(25)15-21(23(26)17-10-12-20(27-3)13-11-17)19-9-8-16-6-4-5-7-18(16)14-19/h4-14,21H,15H2,1-3H3/t21-/m1/s1. The lowest BCUT2D eigenvalue weighted by atomic mass is 9.86. The first-order valence-corrected chi connectivity index (χ1v) is 8.86. The van der Waals surface area contributed by atoms with Gasteiger partial charge in [0.25, 0.3) is 0 Å². The molecule has 0 N–H and O–H groups in total. The van der Waals surface area contributed by atoms with E-state index in [1.54, 1.807) is 45.5 Å². The van der Waals surface area contributed by atoms with Gasteiger partial charge >= 0.3 is 0 Å². The SMILES string of the molecule is COc1ccc(C(=O)[C@H](CC(=O)N(C)C)c2ccc3ccccc3c2)cc1. The third-order valence-electron chi connectivity index (χ3n) is 4.74. The molecule has 0 heterocycles. The summed E-state index contributed by atoms with van der Waals surface area (Å²) in [6.07, 6.45) is 0.135. The molecule has 0 spiro atoms. The molecule has 0 aliphatic heterocycles. The summed E-state index contributed by atoms with van der Waals surface area (Å²) in [7, 11) is 5.00. The molecule has 0 aliphatic carbocycles. The Labute approximate surface area is 159 Å². The maximum Gasteiger partial charge on any atom is 0.223 e. The van der Waals surface area contributed by atoms with Gasteiger partial charge in [0, 0.05) is 26.1 Å². The number of hydrogen-bond acceptors (Lipinski definition) is 3. The van der Waals surface area contributed by atoms with Crippen molar-refractivity contribution in [3.63, 3.8) is 0 Å². The molecule has 0 unspecified atom stereocenters. The predicted molar refractivity (Wildman–Crippen MR) is 107 cm³/mol. The lowest BCUT2D eigenvalue weighted by Gasteiger charge is -2.19. The van der Waals surface area contributed by atoms with Gasteiger partial charge in [0.1, 0.15) is 5.75 Å². The fraction of sp³-hybridized carbons (Fsp3) is 0.217. The van der Waals surface area contributed by atoms with E-state index in [2.05, 4.69) is 0 Å². The van der Waals surface area contributed by atoms with Crippen molar-refractivity contribution in [2.24, 2.45) is 0 Å². The second-order valence-corrected chi connectivity index (χ2v) is 6.74. The number of Topliss-reactive ketones (excluding diaryl/α,β-unsaturated/α-hetero) is 1. The zero-order chi connectivity index (χ0) is 19.4. The summed E-state index contributed by atoms with van der Waals surface area (Å²) in [5.74, 6) is 0.0224. The van der Waals surface area contributed by atoms with Crippen LogP contribution in [0.5, 0.6) is 5.75 Å². The minimum atomic E-state index is -0.530. The molecule has 0 aliphatic rings. The van der Waals surface area contributed by atoms with Gasteiger partial charge in [0.2, 0.25) is 5.91 Å². The van der Waals surface area contributed by atoms with Crippen molar-refractivity contribution in [3.8, 4) is 5.75 Å². The van der Waals surface area contributed by atoms with E-state index in [-0.39, 0.29) is 18.1 Å². The normalized spacial score (nSPS) is 11.8. The van der Waals surface area contributed by atoms with Crippen molar-refractivity contribution < 1.29 is 14.3 Å². The van der Waals surface area contributed by atoms with Crippen molar-refractivity contribution in [3.05, 3.63) is 77.9 Å². The number of carbonyl (C=O) groups is 2. The van der Waals surface area contributed by atoms with Crippen LogP contribution in [0.2, 0.25) is 0 Å². The number of hydrogen-bond donors (Lipinski definition) is 0. The van der Waals surface area contributed by atoms with E-state index in [4.69, 9.17) is 4.74 Å². The number of benzene rings is 3. The van der Waals surface area contributed by atoms with Crippen molar-refractivity contribution in [2.45, 2.75) is 12.3 Å². The minimum absolute atomic E-state index is 0.0665. The number of methoxy groups -OCH3 is 1. The summed E-state index contributed by atoms with van der Waals surface area (Å²) in [5, 5.41) is 2.16. The summed E-state index contributed by atoms with van der Waals surface area (Å²) in [6.45, 7) is 0. The van der Waals surface area contributed by atoms with E-state index >= 15 is 0 Å². The summed E-state index contributed by atoms with van der Waals surface area (Å²) in [5.41, 5.74) is 1.42. The molecule has 0 radical (unpaired) electrons. The van der Waals surface area contributed by atoms with Gasteiger partial charge in [-0.25, -0.2) is 0 Å². The number of carbonyl (C=O) groups excluding carboxylic acids is 2. The van der Waals surface area contributed by atoms with Gasteiger partial charge in [-0.05, 0) is 40.6 Å². The Morgan fingerprint density at radius 2 is 1.59 bits per heavy atom. The van der Waals surface area contributed by atoms with Crippen molar-refractivity contribution in [2.75, 3.05) is 21.2 Å². The van der Waals surface area contributed by atoms with E-state index in [1.807, 2.05) is 42.5 Å². The molecule has 4 nitrogen and oxygen atoms in total. The highest BCUT2D eigenvalue weighted by atomic mass is 16.5. The van der Waals surface area contributed by atoms with Gasteiger partial charge in [-0.2, -0.15) is 0 Å². The highest BCUT2D eigenvalue weighted by molar-refractivity contribution is 6.03. The molecule has 0 aromatic heterocycles. The van der Waals surface area contributed by atoms with Gasteiger partial charge in [-0.1, -0.05) is 42.5 Å². The predicted octanol–water partition coefficient (Wildman–Crippen LogP) is 4.29. The smallest absolute Gasteiger partial charge is 0.223 e. The third kappa shape index (κ3) is 4.17. The van der Waals surface area contributed by atoms with Crippen LogP contribution in [0, 0.1) is 0 Å². The first-order valence-electron chi connectivity index (χ1n) is 8.86. The van der Waals surface area contributed by atoms with Crippen LogP contribution in [0.15, 0.2) is 66.7 Å². The number of amides is 1. The summed E-state index contributed by atoms with van der Waals surface area (Å²) in [4.78, 5) is 27.1. The summed E-state index contributed by atoms with van der Waals surface area (Å²) < 4.78 is 5.17. The molecule has 0 saturated heterocycles. The van der Waals surface area contributed by atoms with E-state index in [0.717, 1.165) is 16.3 Å². The fourth-order valence-electron chi connectivity index (χ4n) is 3.10. The maximum absolute atomic E-state index is 13.2. The van der Waals surface area contributed by atoms with Crippen LogP contribution < -0.4 is 4.74 Å². The van der Waals surface area contributed by atoms with Crippen LogP contribution in [-0.4, -0.2) is 37.8 Å². The first kappa shape index (κ1) is 18.6. The molecule has 1 amide bonds. The summed E-state index contributed by atoms with van der Waals surface area (Å²) >= 11 is 0. The van der Waals surface area contributed by atoms with Crippen LogP contribution in [0.1, 0.15) is 28.3 Å².